The molecule has 1 aliphatic heterocycles. The molecular formula is C26H23NO7S2. The first-order valence-electron chi connectivity index (χ1n) is 10.8. The minimum Gasteiger partial charge on any atom is -0.497 e. The average molecular weight is 526 g/mol. The van der Waals surface area contributed by atoms with Crippen molar-refractivity contribution in [2.45, 2.75) is 18.4 Å². The van der Waals surface area contributed by atoms with E-state index >= 15 is 0 Å². The van der Waals surface area contributed by atoms with Gasteiger partial charge in [0, 0.05) is 0 Å². The van der Waals surface area contributed by atoms with Gasteiger partial charge >= 0.3 is 10.1 Å². The summed E-state index contributed by atoms with van der Waals surface area (Å²) in [5, 5.41) is -0.357. The Balaban J connectivity index is 1.53. The Morgan fingerprint density at radius 1 is 0.889 bits per heavy atom. The van der Waals surface area contributed by atoms with Crippen LogP contribution in [-0.2, 0) is 21.5 Å². The zero-order valence-corrected chi connectivity index (χ0v) is 21.4. The van der Waals surface area contributed by atoms with Gasteiger partial charge in [0.05, 0.1) is 25.7 Å². The monoisotopic (exact) mass is 525 g/mol. The fourth-order valence-electron chi connectivity index (χ4n) is 3.42. The SMILES string of the molecule is COc1ccc(S(=O)(=O)Oc2ccc(/C=C3\SC(=O)N(Cc4ccc(C)cc4)C3=O)cc2OC)cc1. The third-order valence-corrected chi connectivity index (χ3v) is 7.52. The van der Waals surface area contributed by atoms with Gasteiger partial charge in [0.1, 0.15) is 10.6 Å². The van der Waals surface area contributed by atoms with Gasteiger partial charge in [0.15, 0.2) is 11.5 Å². The van der Waals surface area contributed by atoms with Crippen molar-refractivity contribution in [2.75, 3.05) is 14.2 Å². The number of carbonyl (C=O) groups excluding carboxylic acids is 2. The zero-order valence-electron chi connectivity index (χ0n) is 19.8. The lowest BCUT2D eigenvalue weighted by molar-refractivity contribution is -0.123. The number of aryl methyl sites for hydroxylation is 1. The summed E-state index contributed by atoms with van der Waals surface area (Å²) in [4.78, 5) is 26.8. The summed E-state index contributed by atoms with van der Waals surface area (Å²) in [6.45, 7) is 2.15. The lowest BCUT2D eigenvalue weighted by Crippen LogP contribution is -2.27. The second kappa shape index (κ2) is 10.5. The number of hydrogen-bond donors (Lipinski definition) is 0. The fourth-order valence-corrected chi connectivity index (χ4v) is 5.19. The lowest BCUT2D eigenvalue weighted by Gasteiger charge is -2.13. The molecule has 0 N–H and O–H groups in total. The van der Waals surface area contributed by atoms with Gasteiger partial charge in [-0.3, -0.25) is 14.5 Å². The van der Waals surface area contributed by atoms with Gasteiger partial charge in [0.2, 0.25) is 0 Å². The van der Waals surface area contributed by atoms with E-state index in [4.69, 9.17) is 13.7 Å². The number of rotatable bonds is 8. The quantitative estimate of drug-likeness (QED) is 0.299. The van der Waals surface area contributed by atoms with Crippen LogP contribution in [0, 0.1) is 6.92 Å². The summed E-state index contributed by atoms with van der Waals surface area (Å²) in [5.41, 5.74) is 2.48. The van der Waals surface area contributed by atoms with E-state index in [-0.39, 0.29) is 33.1 Å². The van der Waals surface area contributed by atoms with E-state index in [2.05, 4.69) is 0 Å². The predicted molar refractivity (Wildman–Crippen MR) is 136 cm³/mol. The Morgan fingerprint density at radius 2 is 1.58 bits per heavy atom. The molecule has 0 aliphatic carbocycles. The Labute approximate surface area is 213 Å². The van der Waals surface area contributed by atoms with Crippen molar-refractivity contribution in [3.05, 3.63) is 88.3 Å². The fraction of sp³-hybridized carbons (Fsp3) is 0.154. The highest BCUT2D eigenvalue weighted by Crippen LogP contribution is 2.36. The van der Waals surface area contributed by atoms with Gasteiger partial charge in [-0.2, -0.15) is 8.42 Å². The summed E-state index contributed by atoms with van der Waals surface area (Å²) < 4.78 is 41.0. The molecule has 8 nitrogen and oxygen atoms in total. The minimum absolute atomic E-state index is 0.0158. The van der Waals surface area contributed by atoms with Gasteiger partial charge < -0.3 is 13.7 Å². The van der Waals surface area contributed by atoms with Crippen LogP contribution >= 0.6 is 11.8 Å². The van der Waals surface area contributed by atoms with E-state index in [0.717, 1.165) is 22.9 Å². The summed E-state index contributed by atoms with van der Waals surface area (Å²) in [6.07, 6.45) is 1.56. The van der Waals surface area contributed by atoms with Crippen LogP contribution in [0.4, 0.5) is 4.79 Å². The number of carbonyl (C=O) groups is 2. The van der Waals surface area contributed by atoms with E-state index < -0.39 is 16.0 Å². The molecule has 0 bridgehead atoms. The third-order valence-electron chi connectivity index (χ3n) is 5.37. The summed E-state index contributed by atoms with van der Waals surface area (Å²) in [5.74, 6) is 0.253. The summed E-state index contributed by atoms with van der Waals surface area (Å²) in [6, 6.07) is 17.9. The van der Waals surface area contributed by atoms with Crippen molar-refractivity contribution in [1.29, 1.82) is 0 Å². The highest BCUT2D eigenvalue weighted by molar-refractivity contribution is 8.18. The van der Waals surface area contributed by atoms with Crippen LogP contribution in [0.3, 0.4) is 0 Å². The van der Waals surface area contributed by atoms with Crippen LogP contribution in [0.5, 0.6) is 17.2 Å². The Bertz CT molecular complexity index is 1430. The van der Waals surface area contributed by atoms with Crippen LogP contribution in [0.1, 0.15) is 16.7 Å². The number of amides is 2. The molecule has 36 heavy (non-hydrogen) atoms. The summed E-state index contributed by atoms with van der Waals surface area (Å²) in [7, 11) is -1.26. The van der Waals surface area contributed by atoms with Gasteiger partial charge in [-0.25, -0.2) is 0 Å². The van der Waals surface area contributed by atoms with Crippen molar-refractivity contribution in [1.82, 2.24) is 4.90 Å². The van der Waals surface area contributed by atoms with E-state index in [1.807, 2.05) is 31.2 Å². The molecule has 3 aromatic rings. The average Bonchev–Trinajstić information content (AvgIpc) is 3.13. The lowest BCUT2D eigenvalue weighted by atomic mass is 10.1. The normalized spacial score (nSPS) is 14.9. The Kier molecular flexibility index (Phi) is 7.37. The highest BCUT2D eigenvalue weighted by atomic mass is 32.2. The Morgan fingerprint density at radius 3 is 2.22 bits per heavy atom. The van der Waals surface area contributed by atoms with Gasteiger partial charge in [0.25, 0.3) is 11.1 Å². The number of ether oxygens (including phenoxy) is 2. The predicted octanol–water partition coefficient (Wildman–Crippen LogP) is 5.02. The molecule has 0 aromatic heterocycles. The van der Waals surface area contributed by atoms with Gasteiger partial charge in [-0.1, -0.05) is 35.9 Å². The molecule has 2 amide bonds. The molecule has 0 atom stereocenters. The first-order valence-corrected chi connectivity index (χ1v) is 13.0. The number of hydrogen-bond acceptors (Lipinski definition) is 8. The van der Waals surface area contributed by atoms with Gasteiger partial charge in [-0.05, 0) is 72.3 Å². The van der Waals surface area contributed by atoms with Crippen LogP contribution in [-0.4, -0.2) is 38.7 Å². The molecule has 1 fully saturated rings. The van der Waals surface area contributed by atoms with Crippen molar-refractivity contribution < 1.29 is 31.7 Å². The van der Waals surface area contributed by atoms with Crippen molar-refractivity contribution in [3.63, 3.8) is 0 Å². The van der Waals surface area contributed by atoms with E-state index in [0.29, 0.717) is 11.3 Å². The third kappa shape index (κ3) is 5.55. The molecule has 0 radical (unpaired) electrons. The Hall–Kier alpha value is -3.76. The number of benzene rings is 3. The largest absolute Gasteiger partial charge is 0.497 e. The standard InChI is InChI=1S/C26H23NO7S2/c1-17-4-6-18(7-5-17)16-27-25(28)24(35-26(27)29)15-19-8-13-22(23(14-19)33-3)34-36(30,31)21-11-9-20(32-2)10-12-21/h4-15H,16H2,1-3H3/b24-15-. The smallest absolute Gasteiger partial charge is 0.339 e. The van der Waals surface area contributed by atoms with Crippen molar-refractivity contribution in [3.8, 4) is 17.2 Å². The number of imide groups is 1. The molecule has 1 heterocycles. The molecule has 3 aromatic carbocycles. The van der Waals surface area contributed by atoms with Gasteiger partial charge in [-0.15, -0.1) is 0 Å². The topological polar surface area (TPSA) is 99.2 Å². The molecule has 1 aliphatic rings. The first-order chi connectivity index (χ1) is 17.2. The summed E-state index contributed by atoms with van der Waals surface area (Å²) >= 11 is 0.847. The molecule has 0 unspecified atom stereocenters. The zero-order chi connectivity index (χ0) is 25.9. The molecule has 10 heteroatoms. The van der Waals surface area contributed by atoms with Crippen LogP contribution < -0.4 is 13.7 Å². The maximum absolute atomic E-state index is 12.9. The molecule has 0 spiro atoms. The number of methoxy groups -OCH3 is 2. The van der Waals surface area contributed by atoms with Crippen molar-refractivity contribution >= 4 is 39.1 Å². The molecule has 186 valence electrons. The van der Waals surface area contributed by atoms with E-state index in [1.165, 1.54) is 55.5 Å². The minimum atomic E-state index is -4.12. The van der Waals surface area contributed by atoms with E-state index in [1.54, 1.807) is 12.1 Å². The highest BCUT2D eigenvalue weighted by Gasteiger charge is 2.35. The second-order valence-corrected chi connectivity index (χ2v) is 10.4. The van der Waals surface area contributed by atoms with Crippen LogP contribution in [0.25, 0.3) is 6.08 Å². The van der Waals surface area contributed by atoms with Crippen LogP contribution in [0.2, 0.25) is 0 Å². The molecule has 0 saturated carbocycles. The van der Waals surface area contributed by atoms with Crippen molar-refractivity contribution in [2.24, 2.45) is 0 Å². The molecule has 1 saturated heterocycles. The number of thioether (sulfide) groups is 1. The maximum atomic E-state index is 12.9. The maximum Gasteiger partial charge on any atom is 0.339 e. The number of nitrogens with zero attached hydrogens (tertiary/aromatic N) is 1. The van der Waals surface area contributed by atoms with E-state index in [9.17, 15) is 18.0 Å². The van der Waals surface area contributed by atoms with Crippen LogP contribution in [0.15, 0.2) is 76.5 Å². The molecule has 4 rings (SSSR count). The second-order valence-electron chi connectivity index (χ2n) is 7.88. The first kappa shape index (κ1) is 25.3. The molecular weight excluding hydrogens is 502 g/mol.